The number of hydrogen-bond acceptors (Lipinski definition) is 18. The Morgan fingerprint density at radius 2 is 0.743 bits per heavy atom. The molecule has 30 heteroatoms. The Hall–Kier alpha value is -11.4. The zero-order chi connectivity index (χ0) is 77.9. The number of hydrogen-bond donors (Lipinski definition) is 12. The van der Waals surface area contributed by atoms with Crippen LogP contribution >= 0.6 is 34.8 Å². The number of allylic oxidation sites excluding steroid dienone is 1. The van der Waals surface area contributed by atoms with Crippen LogP contribution in [-0.2, 0) is 14.4 Å². The fraction of sp³-hybridized carbons (Fsp3) is 0.291. The average molecular weight is 1540 g/mol. The fourth-order valence-electron chi connectivity index (χ4n) is 14.3. The van der Waals surface area contributed by atoms with Gasteiger partial charge < -0.3 is 65.1 Å². The Morgan fingerprint density at radius 3 is 1.07 bits per heavy atom. The maximum absolute atomic E-state index is 15.1. The quantitative estimate of drug-likeness (QED) is 0.0318. The number of aromatic nitrogens is 6. The van der Waals surface area contributed by atoms with Crippen LogP contribution in [0, 0.1) is 61.9 Å². The molecule has 6 aromatic carbocycles. The minimum absolute atomic E-state index is 0.150. The molecule has 0 aliphatic heterocycles. The lowest BCUT2D eigenvalue weighted by molar-refractivity contribution is -0.123. The second kappa shape index (κ2) is 35.1. The van der Waals surface area contributed by atoms with E-state index in [2.05, 4.69) is 77.8 Å². The summed E-state index contributed by atoms with van der Waals surface area (Å²) in [7, 11) is 4.70. The van der Waals surface area contributed by atoms with Crippen molar-refractivity contribution in [3.63, 3.8) is 0 Å². The van der Waals surface area contributed by atoms with Crippen LogP contribution in [0.2, 0.25) is 15.1 Å². The lowest BCUT2D eigenvalue weighted by Crippen LogP contribution is -2.40. The number of rotatable bonds is 21. The van der Waals surface area contributed by atoms with Gasteiger partial charge in [0.25, 0.3) is 17.7 Å². The lowest BCUT2D eigenvalue weighted by atomic mass is 9.84. The van der Waals surface area contributed by atoms with Crippen molar-refractivity contribution in [1.29, 1.82) is 0 Å². The molecule has 24 nitrogen and oxygen atoms in total. The van der Waals surface area contributed by atoms with Gasteiger partial charge in [0.1, 0.15) is 32.5 Å². The van der Waals surface area contributed by atoms with Gasteiger partial charge in [-0.05, 0) is 195 Å². The van der Waals surface area contributed by atoms with Crippen LogP contribution in [0.25, 0.3) is 33.4 Å². The molecule has 6 amide bonds. The van der Waals surface area contributed by atoms with Crippen LogP contribution in [-0.4, -0.2) is 98.6 Å². The highest BCUT2D eigenvalue weighted by molar-refractivity contribution is 6.33. The molecule has 566 valence electrons. The van der Waals surface area contributed by atoms with Crippen LogP contribution < -0.4 is 65.1 Å². The van der Waals surface area contributed by atoms with Gasteiger partial charge in [-0.2, -0.15) is 15.0 Å². The maximum atomic E-state index is 15.1. The number of nitrogens with one attached hydrogen (secondary N) is 9. The number of carbonyl (C=O) groups is 6. The van der Waals surface area contributed by atoms with Gasteiger partial charge in [-0.1, -0.05) is 96.9 Å². The predicted octanol–water partition coefficient (Wildman–Crippen LogP) is 14.5. The highest BCUT2D eigenvalue weighted by Crippen LogP contribution is 2.49. The molecule has 3 fully saturated rings. The number of amides is 6. The van der Waals surface area contributed by atoms with Crippen molar-refractivity contribution in [2.24, 2.45) is 40.9 Å². The summed E-state index contributed by atoms with van der Waals surface area (Å²) < 4.78 is 45.3. The summed E-state index contributed by atoms with van der Waals surface area (Å²) in [5, 5.41) is 27.0. The zero-order valence-corrected chi connectivity index (χ0v) is 62.8. The van der Waals surface area contributed by atoms with E-state index in [0.29, 0.717) is 79.3 Å². The van der Waals surface area contributed by atoms with Gasteiger partial charge in [0, 0.05) is 67.1 Å². The number of nitrogens with zero attached hydrogens (tertiary/aromatic N) is 6. The molecule has 9 aromatic rings. The first-order valence-corrected chi connectivity index (χ1v) is 36.6. The van der Waals surface area contributed by atoms with Gasteiger partial charge in [0.2, 0.25) is 35.6 Å². The molecule has 109 heavy (non-hydrogen) atoms. The smallest absolute Gasteiger partial charge is 0.251 e. The standard InChI is InChI=1S/C27H26ClFN6O2.2C26H28ClFN6O2/c1-13-9-21(20(29)11-18(13)14-3-5-15(6-4-14)26(37)31-2)33-27-32-12-19(28)25(35-27)34-23-17-8-7-16(10-17)22(23)24(30)36;2*1-14-11-22(20(28)12-18(14)15-7-9-16(10-8-15)25(36)30-2)33-26-31-13-19(27)24(34-26)32-21-6-4-3-5-17(21)23(29)35/h3-6,9,11-12,16-17H,7-8,10H2,1-2H3,(H2,30,36)(H,31,37)(H2,32,33,34,35);2*7-13,17,21H,3-6H2,1-2H3,(H2,29,35)(H,30,36)(H2,31,32,33,34)/t16-,17+;17-,21+;17-,21-/m100/s1. The van der Waals surface area contributed by atoms with Crippen LogP contribution in [0.15, 0.2) is 139 Å². The van der Waals surface area contributed by atoms with Crippen LogP contribution in [0.5, 0.6) is 0 Å². The molecule has 0 saturated heterocycles. The van der Waals surface area contributed by atoms with E-state index < -0.39 is 23.4 Å². The molecule has 0 unspecified atom stereocenters. The normalized spacial score (nSPS) is 17.6. The Balaban J connectivity index is 0.000000162. The highest BCUT2D eigenvalue weighted by Gasteiger charge is 2.42. The molecular formula is C79H82Cl3F3N18O6. The van der Waals surface area contributed by atoms with Gasteiger partial charge >= 0.3 is 0 Å². The second-order valence-corrected chi connectivity index (χ2v) is 28.3. The molecule has 0 spiro atoms. The van der Waals surface area contributed by atoms with Gasteiger partial charge in [0.05, 0.1) is 47.5 Å². The molecule has 13 rings (SSSR count). The molecule has 15 N–H and O–H groups in total. The minimum Gasteiger partial charge on any atom is -0.369 e. The third-order valence-electron chi connectivity index (χ3n) is 19.9. The molecule has 2 bridgehead atoms. The third-order valence-corrected chi connectivity index (χ3v) is 20.8. The third kappa shape index (κ3) is 18.8. The minimum atomic E-state index is -0.490. The molecule has 3 saturated carbocycles. The summed E-state index contributed by atoms with van der Waals surface area (Å²) in [6.45, 7) is 5.61. The number of aryl methyl sites for hydroxylation is 3. The predicted molar refractivity (Wildman–Crippen MR) is 419 cm³/mol. The number of anilines is 9. The van der Waals surface area contributed by atoms with Gasteiger partial charge in [-0.25, -0.2) is 28.1 Å². The number of carbonyl (C=O) groups excluding carboxylic acids is 6. The van der Waals surface area contributed by atoms with Crippen LogP contribution in [0.3, 0.4) is 0 Å². The highest BCUT2D eigenvalue weighted by atomic mass is 35.5. The first-order valence-electron chi connectivity index (χ1n) is 35.5. The first-order chi connectivity index (χ1) is 52.3. The van der Waals surface area contributed by atoms with E-state index in [4.69, 9.17) is 52.0 Å². The maximum Gasteiger partial charge on any atom is 0.251 e. The van der Waals surface area contributed by atoms with Crippen LogP contribution in [0.4, 0.5) is 65.5 Å². The summed E-state index contributed by atoms with van der Waals surface area (Å²) in [5.74, 6) is -1.87. The van der Waals surface area contributed by atoms with E-state index in [9.17, 15) is 28.8 Å². The number of nitrogens with two attached hydrogens (primary N) is 3. The molecular weight excluding hydrogens is 1460 g/mol. The number of fused-ring (bicyclic) bond motifs is 2. The van der Waals surface area contributed by atoms with Crippen molar-refractivity contribution < 1.29 is 41.9 Å². The zero-order valence-electron chi connectivity index (χ0n) is 60.5. The summed E-state index contributed by atoms with van der Waals surface area (Å²) in [4.78, 5) is 96.9. The molecule has 4 aliphatic carbocycles. The van der Waals surface area contributed by atoms with Crippen molar-refractivity contribution in [2.75, 3.05) is 53.0 Å². The second-order valence-electron chi connectivity index (χ2n) is 27.1. The first kappa shape index (κ1) is 78.6. The topological polar surface area (TPSA) is 366 Å². The number of halogens is 6. The van der Waals surface area contributed by atoms with Gasteiger partial charge in [-0.3, -0.25) is 28.8 Å². The molecule has 0 radical (unpaired) electrons. The Morgan fingerprint density at radius 1 is 0.422 bits per heavy atom. The number of benzene rings is 6. The van der Waals surface area contributed by atoms with Crippen molar-refractivity contribution in [3.8, 4) is 33.4 Å². The van der Waals surface area contributed by atoms with Gasteiger partial charge in [-0.15, -0.1) is 0 Å². The van der Waals surface area contributed by atoms with Crippen LogP contribution in [0.1, 0.15) is 118 Å². The Kier molecular flexibility index (Phi) is 25.3. The van der Waals surface area contributed by atoms with E-state index in [1.807, 2.05) is 20.8 Å². The Bertz CT molecular complexity index is 4780. The van der Waals surface area contributed by atoms with Crippen molar-refractivity contribution in [2.45, 2.75) is 103 Å². The number of primary amides is 3. The lowest BCUT2D eigenvalue weighted by Gasteiger charge is -2.30. The van der Waals surface area contributed by atoms with E-state index in [1.165, 1.54) is 36.8 Å². The van der Waals surface area contributed by atoms with E-state index in [0.717, 1.165) is 96.9 Å². The SMILES string of the molecule is CNC(=O)c1ccc(-c2cc(F)c(Nc3ncc(Cl)c(NC4=C(C(N)=O)[C@@H]5CC[C@H]4C5)n3)cc2C)cc1.CNC(=O)c1ccc(-c2cc(F)c(Nc3ncc(Cl)c(N[C@@H]4CCCC[C@@H]4C(N)=O)n3)cc2C)cc1.CNC(=O)c1ccc(-c2cc(F)c(Nc3ncc(Cl)c(N[C@H]4CCCC[C@@H]4C(N)=O)n3)cc2C)cc1. The van der Waals surface area contributed by atoms with E-state index >= 15 is 13.2 Å². The van der Waals surface area contributed by atoms with Crippen molar-refractivity contribution in [3.05, 3.63) is 205 Å². The van der Waals surface area contributed by atoms with Crippen molar-refractivity contribution >= 4 is 123 Å². The monoisotopic (exact) mass is 1540 g/mol. The Labute approximate surface area is 642 Å². The van der Waals surface area contributed by atoms with Gasteiger partial charge in [0.15, 0.2) is 17.5 Å². The molecule has 3 aromatic heterocycles. The largest absolute Gasteiger partial charge is 0.369 e. The summed E-state index contributed by atoms with van der Waals surface area (Å²) in [6, 6.07) is 29.8. The fourth-order valence-corrected chi connectivity index (χ4v) is 14.7. The molecule has 3 heterocycles. The van der Waals surface area contributed by atoms with E-state index in [1.54, 1.807) is 112 Å². The summed E-state index contributed by atoms with van der Waals surface area (Å²) in [5.41, 5.74) is 27.3. The van der Waals surface area contributed by atoms with Crippen molar-refractivity contribution in [1.82, 2.24) is 45.9 Å². The average Bonchev–Trinajstić information content (AvgIpc) is 1.65. The summed E-state index contributed by atoms with van der Waals surface area (Å²) in [6.07, 6.45) is 13.9. The summed E-state index contributed by atoms with van der Waals surface area (Å²) >= 11 is 18.9. The molecule has 6 atom stereocenters. The van der Waals surface area contributed by atoms with E-state index in [-0.39, 0.29) is 105 Å². The molecule has 4 aliphatic rings.